The standard InChI is InChI=1S/C40H28N2O/c1-2-38-42-40-33(16-10-18-37(40)43-38)32-24-23-27-13-6-7-14-30(27)39(32)29-21-19-28(20-22-29)36-25-34(26-11-4-3-5-12-26)31-15-8-9-17-35(31)41-36/h3-25H,2H2,1H3. The predicted octanol–water partition coefficient (Wildman–Crippen LogP) is 10.8. The third-order valence-electron chi connectivity index (χ3n) is 8.26. The molecule has 0 saturated carbocycles. The van der Waals surface area contributed by atoms with Gasteiger partial charge < -0.3 is 4.42 Å². The fraction of sp³-hybridized carbons (Fsp3) is 0.0500. The summed E-state index contributed by atoms with van der Waals surface area (Å²) >= 11 is 0. The van der Waals surface area contributed by atoms with Crippen LogP contribution < -0.4 is 0 Å². The van der Waals surface area contributed by atoms with Crippen LogP contribution in [0.4, 0.5) is 0 Å². The Morgan fingerprint density at radius 2 is 1.28 bits per heavy atom. The molecule has 2 aromatic heterocycles. The lowest BCUT2D eigenvalue weighted by atomic mass is 9.89. The number of aromatic nitrogens is 2. The first kappa shape index (κ1) is 25.2. The second-order valence-electron chi connectivity index (χ2n) is 10.8. The van der Waals surface area contributed by atoms with Crippen LogP contribution in [-0.2, 0) is 6.42 Å². The van der Waals surface area contributed by atoms with Crippen molar-refractivity contribution < 1.29 is 4.42 Å². The summed E-state index contributed by atoms with van der Waals surface area (Å²) in [7, 11) is 0. The van der Waals surface area contributed by atoms with Gasteiger partial charge in [-0.25, -0.2) is 9.97 Å². The molecule has 0 atom stereocenters. The third kappa shape index (κ3) is 4.38. The quantitative estimate of drug-likeness (QED) is 0.213. The summed E-state index contributed by atoms with van der Waals surface area (Å²) in [5, 5.41) is 3.57. The van der Waals surface area contributed by atoms with E-state index >= 15 is 0 Å². The van der Waals surface area contributed by atoms with E-state index in [1.165, 1.54) is 27.5 Å². The summed E-state index contributed by atoms with van der Waals surface area (Å²) < 4.78 is 6.03. The Kier molecular flexibility index (Phi) is 6.08. The van der Waals surface area contributed by atoms with E-state index in [4.69, 9.17) is 14.4 Å². The van der Waals surface area contributed by atoms with Crippen LogP contribution in [0.1, 0.15) is 12.8 Å². The van der Waals surface area contributed by atoms with Gasteiger partial charge in [0.25, 0.3) is 0 Å². The number of nitrogens with zero attached hydrogens (tertiary/aromatic N) is 2. The Balaban J connectivity index is 1.30. The zero-order valence-corrected chi connectivity index (χ0v) is 23.8. The third-order valence-corrected chi connectivity index (χ3v) is 8.26. The number of rotatable bonds is 5. The lowest BCUT2D eigenvalue weighted by Gasteiger charge is -2.15. The van der Waals surface area contributed by atoms with Crippen LogP contribution in [0.3, 0.4) is 0 Å². The molecule has 3 heteroatoms. The summed E-state index contributed by atoms with van der Waals surface area (Å²) in [6.07, 6.45) is 0.759. The Bertz CT molecular complexity index is 2260. The Morgan fingerprint density at radius 1 is 0.535 bits per heavy atom. The molecule has 0 aliphatic heterocycles. The van der Waals surface area contributed by atoms with Crippen molar-refractivity contribution in [3.8, 4) is 44.6 Å². The minimum absolute atomic E-state index is 0.756. The highest BCUT2D eigenvalue weighted by molar-refractivity contribution is 6.07. The van der Waals surface area contributed by atoms with Crippen LogP contribution in [-0.4, -0.2) is 9.97 Å². The monoisotopic (exact) mass is 552 g/mol. The number of para-hydroxylation sites is 2. The van der Waals surface area contributed by atoms with Crippen molar-refractivity contribution in [1.82, 2.24) is 9.97 Å². The summed E-state index contributed by atoms with van der Waals surface area (Å²) in [4.78, 5) is 9.93. The number of benzene rings is 6. The lowest BCUT2D eigenvalue weighted by Crippen LogP contribution is -1.91. The molecule has 0 saturated heterocycles. The van der Waals surface area contributed by atoms with E-state index in [0.29, 0.717) is 0 Å². The first-order chi connectivity index (χ1) is 21.3. The van der Waals surface area contributed by atoms with Crippen LogP contribution >= 0.6 is 0 Å². The number of hydrogen-bond acceptors (Lipinski definition) is 3. The summed E-state index contributed by atoms with van der Waals surface area (Å²) in [6.45, 7) is 2.07. The first-order valence-electron chi connectivity index (χ1n) is 14.7. The fourth-order valence-corrected chi connectivity index (χ4v) is 6.16. The molecule has 43 heavy (non-hydrogen) atoms. The topological polar surface area (TPSA) is 38.9 Å². The number of fused-ring (bicyclic) bond motifs is 3. The molecule has 0 fully saturated rings. The van der Waals surface area contributed by atoms with Gasteiger partial charge in [-0.3, -0.25) is 0 Å². The van der Waals surface area contributed by atoms with Gasteiger partial charge in [0.2, 0.25) is 0 Å². The summed E-state index contributed by atoms with van der Waals surface area (Å²) in [5.74, 6) is 0.756. The van der Waals surface area contributed by atoms with Crippen molar-refractivity contribution in [2.45, 2.75) is 13.3 Å². The molecule has 0 radical (unpaired) electrons. The molecule has 0 bridgehead atoms. The van der Waals surface area contributed by atoms with Gasteiger partial charge in [-0.2, -0.15) is 0 Å². The first-order valence-corrected chi connectivity index (χ1v) is 14.7. The van der Waals surface area contributed by atoms with E-state index in [2.05, 4.69) is 140 Å². The van der Waals surface area contributed by atoms with Gasteiger partial charge in [0.15, 0.2) is 11.5 Å². The zero-order valence-electron chi connectivity index (χ0n) is 23.8. The highest BCUT2D eigenvalue weighted by Gasteiger charge is 2.17. The average Bonchev–Trinajstić information content (AvgIpc) is 3.52. The number of aryl methyl sites for hydroxylation is 1. The number of pyridine rings is 1. The van der Waals surface area contributed by atoms with E-state index in [9.17, 15) is 0 Å². The van der Waals surface area contributed by atoms with Crippen molar-refractivity contribution >= 4 is 32.8 Å². The molecule has 0 aliphatic rings. The Labute approximate surface area is 250 Å². The molecule has 204 valence electrons. The van der Waals surface area contributed by atoms with Crippen molar-refractivity contribution in [1.29, 1.82) is 0 Å². The maximum Gasteiger partial charge on any atom is 0.195 e. The second-order valence-corrected chi connectivity index (χ2v) is 10.8. The van der Waals surface area contributed by atoms with Crippen LogP contribution in [0.25, 0.3) is 77.4 Å². The molecule has 0 N–H and O–H groups in total. The normalized spacial score (nSPS) is 11.5. The second kappa shape index (κ2) is 10.4. The summed E-state index contributed by atoms with van der Waals surface area (Å²) in [5.41, 5.74) is 11.7. The maximum absolute atomic E-state index is 6.03. The number of hydrogen-bond donors (Lipinski definition) is 0. The van der Waals surface area contributed by atoms with Crippen LogP contribution in [0.2, 0.25) is 0 Å². The van der Waals surface area contributed by atoms with Crippen molar-refractivity contribution in [3.05, 3.63) is 145 Å². The smallest absolute Gasteiger partial charge is 0.195 e. The van der Waals surface area contributed by atoms with Crippen LogP contribution in [0.15, 0.2) is 144 Å². The minimum Gasteiger partial charge on any atom is -0.441 e. The lowest BCUT2D eigenvalue weighted by molar-refractivity contribution is 0.538. The van der Waals surface area contributed by atoms with Crippen molar-refractivity contribution in [2.75, 3.05) is 0 Å². The van der Waals surface area contributed by atoms with E-state index in [1.807, 2.05) is 6.07 Å². The van der Waals surface area contributed by atoms with Gasteiger partial charge in [-0.15, -0.1) is 0 Å². The van der Waals surface area contributed by atoms with Gasteiger partial charge >= 0.3 is 0 Å². The molecule has 6 aromatic carbocycles. The van der Waals surface area contributed by atoms with E-state index < -0.39 is 0 Å². The van der Waals surface area contributed by atoms with E-state index in [-0.39, 0.29) is 0 Å². The molecular formula is C40H28N2O. The Hall–Kier alpha value is -5.54. The average molecular weight is 553 g/mol. The fourth-order valence-electron chi connectivity index (χ4n) is 6.16. The number of oxazole rings is 1. The molecule has 0 spiro atoms. The van der Waals surface area contributed by atoms with Crippen molar-refractivity contribution in [3.63, 3.8) is 0 Å². The molecule has 8 rings (SSSR count). The Morgan fingerprint density at radius 3 is 2.12 bits per heavy atom. The zero-order chi connectivity index (χ0) is 28.8. The molecule has 3 nitrogen and oxygen atoms in total. The van der Waals surface area contributed by atoms with Gasteiger partial charge in [0.1, 0.15) is 5.52 Å². The summed E-state index contributed by atoms with van der Waals surface area (Å²) in [6, 6.07) is 49.2. The SMILES string of the molecule is CCc1nc2c(-c3ccc4ccccc4c3-c3ccc(-c4cc(-c5ccccc5)c5ccccc5n4)cc3)cccc2o1. The van der Waals surface area contributed by atoms with E-state index in [1.54, 1.807) is 0 Å². The van der Waals surface area contributed by atoms with Gasteiger partial charge in [0.05, 0.1) is 11.2 Å². The highest BCUT2D eigenvalue weighted by Crippen LogP contribution is 2.41. The molecule has 8 aromatic rings. The predicted molar refractivity (Wildman–Crippen MR) is 178 cm³/mol. The molecule has 0 aliphatic carbocycles. The molecular weight excluding hydrogens is 524 g/mol. The molecule has 0 unspecified atom stereocenters. The van der Waals surface area contributed by atoms with Gasteiger partial charge in [-0.1, -0.05) is 128 Å². The largest absolute Gasteiger partial charge is 0.441 e. The molecule has 0 amide bonds. The van der Waals surface area contributed by atoms with Crippen molar-refractivity contribution in [2.24, 2.45) is 0 Å². The van der Waals surface area contributed by atoms with E-state index in [0.717, 1.165) is 62.3 Å². The van der Waals surface area contributed by atoms with Gasteiger partial charge in [-0.05, 0) is 56.8 Å². The van der Waals surface area contributed by atoms with Crippen LogP contribution in [0.5, 0.6) is 0 Å². The maximum atomic E-state index is 6.03. The highest BCUT2D eigenvalue weighted by atomic mass is 16.3. The molecule has 2 heterocycles. The minimum atomic E-state index is 0.756. The van der Waals surface area contributed by atoms with Gasteiger partial charge in [0, 0.05) is 22.9 Å². The van der Waals surface area contributed by atoms with Crippen LogP contribution in [0, 0.1) is 0 Å².